The van der Waals surface area contributed by atoms with Gasteiger partial charge in [0.15, 0.2) is 0 Å². The van der Waals surface area contributed by atoms with Crippen molar-refractivity contribution in [1.29, 1.82) is 0 Å². The van der Waals surface area contributed by atoms with Crippen molar-refractivity contribution in [3.05, 3.63) is 53.9 Å². The molecule has 2 rings (SSSR count). The minimum Gasteiger partial charge on any atom is -0.314 e. The fourth-order valence-electron chi connectivity index (χ4n) is 1.49. The molecule has 0 spiro atoms. The molecule has 94 valence electrons. The average Bonchev–Trinajstić information content (AvgIpc) is 2.39. The minimum absolute atomic E-state index is 0.200. The maximum Gasteiger partial charge on any atom is 0.138 e. The van der Waals surface area contributed by atoms with Crippen molar-refractivity contribution in [3.63, 3.8) is 0 Å². The van der Waals surface area contributed by atoms with Gasteiger partial charge < -0.3 is 5.32 Å². The Hall–Kier alpha value is -1.46. The molecule has 0 aliphatic rings. The zero-order valence-electron chi connectivity index (χ0n) is 10.1. The number of nitrogens with zero attached hydrogens (tertiary/aromatic N) is 2. The van der Waals surface area contributed by atoms with Crippen LogP contribution in [-0.2, 0) is 12.3 Å². The topological polar surface area (TPSA) is 37.8 Å². The molecule has 1 heterocycles. The lowest BCUT2D eigenvalue weighted by atomic mass is 10.3. The van der Waals surface area contributed by atoms with E-state index in [9.17, 15) is 4.39 Å². The van der Waals surface area contributed by atoms with Crippen LogP contribution in [0.3, 0.4) is 0 Å². The standard InChI is InChI=1S/C13H14FN3S/c1-15-8-10-6-7-16-13(17-10)9-18-12-5-3-2-4-11(12)14/h2-7,15H,8-9H2,1H3. The number of nitrogens with one attached hydrogen (secondary N) is 1. The van der Waals surface area contributed by atoms with Gasteiger partial charge >= 0.3 is 0 Å². The second-order valence-electron chi connectivity index (χ2n) is 3.71. The first-order valence-electron chi connectivity index (χ1n) is 5.62. The quantitative estimate of drug-likeness (QED) is 0.842. The van der Waals surface area contributed by atoms with Gasteiger partial charge in [-0.25, -0.2) is 14.4 Å². The molecular weight excluding hydrogens is 249 g/mol. The van der Waals surface area contributed by atoms with E-state index in [1.807, 2.05) is 19.2 Å². The maximum absolute atomic E-state index is 13.4. The van der Waals surface area contributed by atoms with E-state index in [0.29, 0.717) is 17.2 Å². The second kappa shape index (κ2) is 6.47. The normalized spacial score (nSPS) is 10.6. The summed E-state index contributed by atoms with van der Waals surface area (Å²) >= 11 is 1.41. The average molecular weight is 263 g/mol. The van der Waals surface area contributed by atoms with E-state index in [0.717, 1.165) is 11.5 Å². The highest BCUT2D eigenvalue weighted by Gasteiger charge is 2.04. The Labute approximate surface area is 110 Å². The Balaban J connectivity index is 2.02. The molecule has 0 fully saturated rings. The van der Waals surface area contributed by atoms with Crippen LogP contribution in [0.5, 0.6) is 0 Å². The van der Waals surface area contributed by atoms with Gasteiger partial charge in [-0.3, -0.25) is 0 Å². The van der Waals surface area contributed by atoms with Gasteiger partial charge in [0.05, 0.1) is 11.4 Å². The molecule has 5 heteroatoms. The number of aromatic nitrogens is 2. The Morgan fingerprint density at radius 2 is 2.11 bits per heavy atom. The van der Waals surface area contributed by atoms with Gasteiger partial charge in [-0.05, 0) is 25.2 Å². The van der Waals surface area contributed by atoms with Crippen LogP contribution in [0.4, 0.5) is 4.39 Å². The van der Waals surface area contributed by atoms with E-state index in [1.165, 1.54) is 17.8 Å². The first kappa shape index (κ1) is 13.0. The van der Waals surface area contributed by atoms with Gasteiger partial charge in [-0.15, -0.1) is 11.8 Å². The Kier molecular flexibility index (Phi) is 4.66. The highest BCUT2D eigenvalue weighted by Crippen LogP contribution is 2.23. The van der Waals surface area contributed by atoms with Crippen LogP contribution in [0.1, 0.15) is 11.5 Å². The molecule has 2 aromatic rings. The van der Waals surface area contributed by atoms with Crippen molar-refractivity contribution in [3.8, 4) is 0 Å². The summed E-state index contributed by atoms with van der Waals surface area (Å²) in [7, 11) is 1.87. The van der Waals surface area contributed by atoms with Gasteiger partial charge in [0.25, 0.3) is 0 Å². The molecule has 1 N–H and O–H groups in total. The summed E-state index contributed by atoms with van der Waals surface area (Å²) in [5, 5.41) is 3.04. The van der Waals surface area contributed by atoms with Crippen molar-refractivity contribution < 1.29 is 4.39 Å². The van der Waals surface area contributed by atoms with E-state index in [2.05, 4.69) is 15.3 Å². The molecule has 1 aromatic carbocycles. The van der Waals surface area contributed by atoms with E-state index >= 15 is 0 Å². The van der Waals surface area contributed by atoms with Crippen LogP contribution in [-0.4, -0.2) is 17.0 Å². The Bertz CT molecular complexity index is 519. The molecule has 3 nitrogen and oxygen atoms in total. The summed E-state index contributed by atoms with van der Waals surface area (Å²) in [6, 6.07) is 8.60. The maximum atomic E-state index is 13.4. The number of hydrogen-bond donors (Lipinski definition) is 1. The van der Waals surface area contributed by atoms with Gasteiger partial charge in [-0.2, -0.15) is 0 Å². The summed E-state index contributed by atoms with van der Waals surface area (Å²) in [5.74, 6) is 1.09. The molecule has 0 bridgehead atoms. The third-order valence-corrected chi connectivity index (χ3v) is 3.36. The van der Waals surface area contributed by atoms with Gasteiger partial charge in [0.2, 0.25) is 0 Å². The SMILES string of the molecule is CNCc1ccnc(CSc2ccccc2F)n1. The first-order valence-corrected chi connectivity index (χ1v) is 6.61. The number of benzene rings is 1. The monoisotopic (exact) mass is 263 g/mol. The smallest absolute Gasteiger partial charge is 0.138 e. The molecule has 0 aliphatic carbocycles. The predicted octanol–water partition coefficient (Wildman–Crippen LogP) is 2.63. The summed E-state index contributed by atoms with van der Waals surface area (Å²) in [4.78, 5) is 9.20. The molecule has 0 aliphatic heterocycles. The van der Waals surface area contributed by atoms with E-state index in [-0.39, 0.29) is 5.82 Å². The molecule has 0 unspecified atom stereocenters. The molecule has 0 atom stereocenters. The number of thioether (sulfide) groups is 1. The van der Waals surface area contributed by atoms with Gasteiger partial charge in [-0.1, -0.05) is 12.1 Å². The largest absolute Gasteiger partial charge is 0.314 e. The van der Waals surface area contributed by atoms with Crippen molar-refractivity contribution in [1.82, 2.24) is 15.3 Å². The van der Waals surface area contributed by atoms with Crippen molar-refractivity contribution in [2.45, 2.75) is 17.2 Å². The summed E-state index contributed by atoms with van der Waals surface area (Å²) in [6.45, 7) is 0.708. The fraction of sp³-hybridized carbons (Fsp3) is 0.231. The highest BCUT2D eigenvalue weighted by atomic mass is 32.2. The second-order valence-corrected chi connectivity index (χ2v) is 4.73. The van der Waals surface area contributed by atoms with E-state index < -0.39 is 0 Å². The minimum atomic E-state index is -0.200. The third-order valence-electron chi connectivity index (χ3n) is 2.31. The van der Waals surface area contributed by atoms with Crippen LogP contribution < -0.4 is 5.32 Å². The molecule has 1 aromatic heterocycles. The van der Waals surface area contributed by atoms with Crippen LogP contribution in [0.2, 0.25) is 0 Å². The van der Waals surface area contributed by atoms with Crippen LogP contribution in [0.25, 0.3) is 0 Å². The third kappa shape index (κ3) is 3.51. The number of halogens is 1. The summed E-state index contributed by atoms with van der Waals surface area (Å²) in [6.07, 6.45) is 1.73. The van der Waals surface area contributed by atoms with E-state index in [1.54, 1.807) is 18.3 Å². The van der Waals surface area contributed by atoms with Crippen LogP contribution in [0.15, 0.2) is 41.4 Å². The lowest BCUT2D eigenvalue weighted by Gasteiger charge is -2.04. The molecule has 18 heavy (non-hydrogen) atoms. The highest BCUT2D eigenvalue weighted by molar-refractivity contribution is 7.98. The van der Waals surface area contributed by atoms with Gasteiger partial charge in [0, 0.05) is 17.6 Å². The Morgan fingerprint density at radius 3 is 2.89 bits per heavy atom. The predicted molar refractivity (Wildman–Crippen MR) is 70.8 cm³/mol. The van der Waals surface area contributed by atoms with Crippen LogP contribution >= 0.6 is 11.8 Å². The van der Waals surface area contributed by atoms with Gasteiger partial charge in [0.1, 0.15) is 11.6 Å². The first-order chi connectivity index (χ1) is 8.79. The zero-order valence-corrected chi connectivity index (χ0v) is 10.9. The molecule has 0 saturated carbocycles. The van der Waals surface area contributed by atoms with Crippen LogP contribution in [0, 0.1) is 5.82 Å². The lowest BCUT2D eigenvalue weighted by Crippen LogP contribution is -2.08. The van der Waals surface area contributed by atoms with Crippen molar-refractivity contribution in [2.24, 2.45) is 0 Å². The number of hydrogen-bond acceptors (Lipinski definition) is 4. The molecule has 0 saturated heterocycles. The van der Waals surface area contributed by atoms with E-state index in [4.69, 9.17) is 0 Å². The molecule has 0 radical (unpaired) electrons. The zero-order chi connectivity index (χ0) is 12.8. The lowest BCUT2D eigenvalue weighted by molar-refractivity contribution is 0.602. The fourth-order valence-corrected chi connectivity index (χ4v) is 2.30. The molecule has 0 amide bonds. The van der Waals surface area contributed by atoms with Crippen molar-refractivity contribution >= 4 is 11.8 Å². The van der Waals surface area contributed by atoms with Crippen molar-refractivity contribution in [2.75, 3.05) is 7.05 Å². The number of rotatable bonds is 5. The summed E-state index contributed by atoms with van der Waals surface area (Å²) < 4.78 is 13.4. The molecular formula is C13H14FN3S. The Morgan fingerprint density at radius 1 is 1.28 bits per heavy atom. The summed E-state index contributed by atoms with van der Waals surface area (Å²) in [5.41, 5.74) is 0.941.